The topological polar surface area (TPSA) is 27.7 Å². The van der Waals surface area contributed by atoms with Crippen molar-refractivity contribution in [3.05, 3.63) is 23.8 Å². The summed E-state index contributed by atoms with van der Waals surface area (Å²) in [6, 6.07) is 5.73. The summed E-state index contributed by atoms with van der Waals surface area (Å²) < 4.78 is 15.9. The zero-order valence-corrected chi connectivity index (χ0v) is 7.74. The maximum absolute atomic E-state index is 5.45. The average Bonchev–Trinajstić information content (AvgIpc) is 2.17. The van der Waals surface area contributed by atoms with Crippen molar-refractivity contribution in [3.8, 4) is 11.5 Å². The van der Waals surface area contributed by atoms with Gasteiger partial charge in [-0.1, -0.05) is 0 Å². The van der Waals surface area contributed by atoms with Gasteiger partial charge in [0, 0.05) is 5.56 Å². The molecule has 0 bridgehead atoms. The minimum atomic E-state index is -0.152. The van der Waals surface area contributed by atoms with Crippen LogP contribution in [-0.4, -0.2) is 13.4 Å². The molecule has 0 amide bonds. The number of benzene rings is 1. The molecule has 3 nitrogen and oxygen atoms in total. The van der Waals surface area contributed by atoms with Gasteiger partial charge in [-0.2, -0.15) is 0 Å². The molecular formula is C10H12O3. The average molecular weight is 180 g/mol. The molecule has 0 aliphatic carbocycles. The molecule has 0 fully saturated rings. The third-order valence-electron chi connectivity index (χ3n) is 2.03. The van der Waals surface area contributed by atoms with E-state index in [9.17, 15) is 0 Å². The molecule has 1 aliphatic rings. The van der Waals surface area contributed by atoms with Crippen molar-refractivity contribution in [1.82, 2.24) is 0 Å². The van der Waals surface area contributed by atoms with E-state index in [-0.39, 0.29) is 6.29 Å². The van der Waals surface area contributed by atoms with Crippen molar-refractivity contribution in [1.29, 1.82) is 0 Å². The fourth-order valence-corrected chi connectivity index (χ4v) is 1.33. The van der Waals surface area contributed by atoms with E-state index in [1.54, 1.807) is 7.11 Å². The van der Waals surface area contributed by atoms with E-state index in [4.69, 9.17) is 14.2 Å². The Hall–Kier alpha value is -1.22. The van der Waals surface area contributed by atoms with Crippen LogP contribution in [0.1, 0.15) is 12.5 Å². The molecule has 1 unspecified atom stereocenters. The summed E-state index contributed by atoms with van der Waals surface area (Å²) in [6.45, 7) is 2.47. The van der Waals surface area contributed by atoms with Crippen LogP contribution in [0, 0.1) is 0 Å². The monoisotopic (exact) mass is 180 g/mol. The van der Waals surface area contributed by atoms with Gasteiger partial charge in [0.1, 0.15) is 11.5 Å². The highest BCUT2D eigenvalue weighted by Crippen LogP contribution is 2.29. The van der Waals surface area contributed by atoms with Gasteiger partial charge in [-0.05, 0) is 25.1 Å². The molecule has 0 saturated heterocycles. The largest absolute Gasteiger partial charge is 0.497 e. The highest BCUT2D eigenvalue weighted by atomic mass is 16.7. The lowest BCUT2D eigenvalue weighted by molar-refractivity contribution is -0.0944. The van der Waals surface area contributed by atoms with Crippen molar-refractivity contribution >= 4 is 0 Å². The third kappa shape index (κ3) is 1.60. The molecule has 0 spiro atoms. The van der Waals surface area contributed by atoms with E-state index in [1.165, 1.54) is 0 Å². The fraction of sp³-hybridized carbons (Fsp3) is 0.400. The smallest absolute Gasteiger partial charge is 0.197 e. The quantitative estimate of drug-likeness (QED) is 0.661. The predicted molar refractivity (Wildman–Crippen MR) is 47.9 cm³/mol. The number of hydrogen-bond acceptors (Lipinski definition) is 3. The molecule has 1 atom stereocenters. The van der Waals surface area contributed by atoms with Gasteiger partial charge in [0.05, 0.1) is 13.7 Å². The fourth-order valence-electron chi connectivity index (χ4n) is 1.33. The Kier molecular flexibility index (Phi) is 2.10. The molecule has 1 aromatic carbocycles. The minimum Gasteiger partial charge on any atom is -0.497 e. The first-order chi connectivity index (χ1) is 6.29. The zero-order valence-electron chi connectivity index (χ0n) is 7.74. The molecule has 1 aromatic rings. The van der Waals surface area contributed by atoms with Crippen LogP contribution < -0.4 is 9.47 Å². The third-order valence-corrected chi connectivity index (χ3v) is 2.03. The van der Waals surface area contributed by atoms with Gasteiger partial charge in [0.25, 0.3) is 0 Å². The SMILES string of the molecule is COc1ccc2c(c1)COC(C)O2. The Balaban J connectivity index is 2.31. The summed E-state index contributed by atoms with van der Waals surface area (Å²) in [6.07, 6.45) is -0.152. The molecule has 13 heavy (non-hydrogen) atoms. The van der Waals surface area contributed by atoms with E-state index in [1.807, 2.05) is 25.1 Å². The van der Waals surface area contributed by atoms with Crippen molar-refractivity contribution in [2.45, 2.75) is 19.8 Å². The van der Waals surface area contributed by atoms with Crippen LogP contribution in [0.4, 0.5) is 0 Å². The standard InChI is InChI=1S/C10H12O3/c1-7-12-6-8-5-9(11-2)3-4-10(8)13-7/h3-5,7H,6H2,1-2H3. The van der Waals surface area contributed by atoms with Crippen molar-refractivity contribution in [2.75, 3.05) is 7.11 Å². The summed E-state index contributed by atoms with van der Waals surface area (Å²) in [5.74, 6) is 1.72. The number of methoxy groups -OCH3 is 1. The summed E-state index contributed by atoms with van der Waals surface area (Å²) in [4.78, 5) is 0. The van der Waals surface area contributed by atoms with Gasteiger partial charge in [0.2, 0.25) is 0 Å². The van der Waals surface area contributed by atoms with Gasteiger partial charge in [-0.25, -0.2) is 0 Å². The summed E-state index contributed by atoms with van der Waals surface area (Å²) in [7, 11) is 1.65. The number of hydrogen-bond donors (Lipinski definition) is 0. The molecule has 0 saturated carbocycles. The molecule has 3 heteroatoms. The van der Waals surface area contributed by atoms with Crippen molar-refractivity contribution in [3.63, 3.8) is 0 Å². The van der Waals surface area contributed by atoms with E-state index < -0.39 is 0 Å². The second-order valence-electron chi connectivity index (χ2n) is 2.97. The maximum Gasteiger partial charge on any atom is 0.197 e. The van der Waals surface area contributed by atoms with Crippen molar-refractivity contribution in [2.24, 2.45) is 0 Å². The minimum absolute atomic E-state index is 0.152. The van der Waals surface area contributed by atoms with Crippen LogP contribution in [0.5, 0.6) is 11.5 Å². The lowest BCUT2D eigenvalue weighted by atomic mass is 10.2. The summed E-state index contributed by atoms with van der Waals surface area (Å²) in [5, 5.41) is 0. The first-order valence-electron chi connectivity index (χ1n) is 4.25. The number of ether oxygens (including phenoxy) is 3. The first kappa shape index (κ1) is 8.38. The number of fused-ring (bicyclic) bond motifs is 1. The Bertz CT molecular complexity index is 309. The molecule has 0 radical (unpaired) electrons. The Morgan fingerprint density at radius 3 is 3.08 bits per heavy atom. The van der Waals surface area contributed by atoms with E-state index in [2.05, 4.69) is 0 Å². The van der Waals surface area contributed by atoms with E-state index in [0.29, 0.717) is 6.61 Å². The molecule has 0 N–H and O–H groups in total. The second-order valence-corrected chi connectivity index (χ2v) is 2.97. The van der Waals surface area contributed by atoms with Crippen LogP contribution in [0.15, 0.2) is 18.2 Å². The van der Waals surface area contributed by atoms with Gasteiger partial charge in [0.15, 0.2) is 6.29 Å². The summed E-state index contributed by atoms with van der Waals surface area (Å²) in [5.41, 5.74) is 1.04. The van der Waals surface area contributed by atoms with Crippen LogP contribution in [0.2, 0.25) is 0 Å². The van der Waals surface area contributed by atoms with E-state index in [0.717, 1.165) is 17.1 Å². The Labute approximate surface area is 77.2 Å². The van der Waals surface area contributed by atoms with Crippen LogP contribution in [0.25, 0.3) is 0 Å². The second kappa shape index (κ2) is 3.26. The lowest BCUT2D eigenvalue weighted by Crippen LogP contribution is -2.21. The zero-order chi connectivity index (χ0) is 9.26. The normalized spacial score (nSPS) is 20.3. The molecule has 1 aliphatic heterocycles. The number of rotatable bonds is 1. The highest BCUT2D eigenvalue weighted by Gasteiger charge is 2.16. The highest BCUT2D eigenvalue weighted by molar-refractivity contribution is 5.40. The first-order valence-corrected chi connectivity index (χ1v) is 4.25. The van der Waals surface area contributed by atoms with Crippen LogP contribution >= 0.6 is 0 Å². The predicted octanol–water partition coefficient (Wildman–Crippen LogP) is 1.95. The van der Waals surface area contributed by atoms with Crippen LogP contribution in [0.3, 0.4) is 0 Å². The van der Waals surface area contributed by atoms with Gasteiger partial charge >= 0.3 is 0 Å². The molecule has 2 rings (SSSR count). The van der Waals surface area contributed by atoms with Gasteiger partial charge in [-0.15, -0.1) is 0 Å². The molecular weight excluding hydrogens is 168 g/mol. The maximum atomic E-state index is 5.45. The van der Waals surface area contributed by atoms with Crippen LogP contribution in [-0.2, 0) is 11.3 Å². The van der Waals surface area contributed by atoms with Crippen molar-refractivity contribution < 1.29 is 14.2 Å². The molecule has 1 heterocycles. The Morgan fingerprint density at radius 2 is 2.31 bits per heavy atom. The Morgan fingerprint density at radius 1 is 1.46 bits per heavy atom. The molecule has 0 aromatic heterocycles. The molecule has 70 valence electrons. The summed E-state index contributed by atoms with van der Waals surface area (Å²) >= 11 is 0. The van der Waals surface area contributed by atoms with Gasteiger partial charge < -0.3 is 14.2 Å². The van der Waals surface area contributed by atoms with Gasteiger partial charge in [-0.3, -0.25) is 0 Å². The van der Waals surface area contributed by atoms with E-state index >= 15 is 0 Å². The lowest BCUT2D eigenvalue weighted by Gasteiger charge is -2.23.